The van der Waals surface area contributed by atoms with Crippen molar-refractivity contribution in [1.29, 1.82) is 0 Å². The molecule has 1 unspecified atom stereocenters. The highest BCUT2D eigenvalue weighted by Crippen LogP contribution is 2.18. The lowest BCUT2D eigenvalue weighted by molar-refractivity contribution is 0.576. The molecular weight excluding hydrogens is 330 g/mol. The van der Waals surface area contributed by atoms with Crippen LogP contribution in [0.25, 0.3) is 0 Å². The molecule has 1 aromatic heterocycles. The summed E-state index contributed by atoms with van der Waals surface area (Å²) in [6.45, 7) is 4.64. The van der Waals surface area contributed by atoms with Crippen molar-refractivity contribution in [2.45, 2.75) is 26.6 Å². The first-order chi connectivity index (χ1) is 10.1. The molecular formula is C15H20BrN5. The molecule has 1 atom stereocenters. The van der Waals surface area contributed by atoms with Gasteiger partial charge in [-0.2, -0.15) is 0 Å². The number of benzene rings is 1. The van der Waals surface area contributed by atoms with Crippen LogP contribution in [0.15, 0.2) is 34.8 Å². The van der Waals surface area contributed by atoms with Gasteiger partial charge in [0, 0.05) is 6.54 Å². The van der Waals surface area contributed by atoms with Crippen molar-refractivity contribution in [1.82, 2.24) is 15.3 Å². The van der Waals surface area contributed by atoms with Crippen LogP contribution < -0.4 is 16.4 Å². The van der Waals surface area contributed by atoms with E-state index >= 15 is 0 Å². The Labute approximate surface area is 133 Å². The summed E-state index contributed by atoms with van der Waals surface area (Å²) in [5.74, 6) is 0.535. The van der Waals surface area contributed by atoms with Crippen LogP contribution in [-0.2, 0) is 6.42 Å². The minimum atomic E-state index is -0.381. The first kappa shape index (κ1) is 15.9. The fraction of sp³-hybridized carbons (Fsp3) is 0.333. The number of nitrogens with zero attached hydrogens (tertiary/aromatic N) is 2. The molecule has 0 spiro atoms. The second kappa shape index (κ2) is 7.49. The summed E-state index contributed by atoms with van der Waals surface area (Å²) >= 11 is 3.45. The van der Waals surface area contributed by atoms with E-state index in [1.165, 1.54) is 5.56 Å². The standard InChI is InChI=1S/C15H20BrN5/c1-10-13(16)11(2)20-15(19-10)21-14(17)18-9-8-12-6-4-3-5-7-12/h3-7,14,18H,8-9,17H2,1-2H3,(H,19,20,21). The maximum atomic E-state index is 5.99. The summed E-state index contributed by atoms with van der Waals surface area (Å²) < 4.78 is 0.929. The minimum absolute atomic E-state index is 0.381. The Morgan fingerprint density at radius 3 is 2.38 bits per heavy atom. The number of aryl methyl sites for hydroxylation is 2. The summed E-state index contributed by atoms with van der Waals surface area (Å²) in [7, 11) is 0. The molecule has 0 amide bonds. The predicted octanol–water partition coefficient (Wildman–Crippen LogP) is 2.34. The Morgan fingerprint density at radius 2 is 1.76 bits per heavy atom. The van der Waals surface area contributed by atoms with Gasteiger partial charge in [-0.15, -0.1) is 0 Å². The third kappa shape index (κ3) is 4.77. The molecule has 0 bridgehead atoms. The summed E-state index contributed by atoms with van der Waals surface area (Å²) in [6.07, 6.45) is 0.545. The summed E-state index contributed by atoms with van der Waals surface area (Å²) in [6, 6.07) is 10.3. The van der Waals surface area contributed by atoms with Gasteiger partial charge >= 0.3 is 0 Å². The molecule has 1 heterocycles. The Hall–Kier alpha value is -1.50. The summed E-state index contributed by atoms with van der Waals surface area (Å²) in [4.78, 5) is 8.70. The Balaban J connectivity index is 1.83. The Bertz CT molecular complexity index is 565. The van der Waals surface area contributed by atoms with Gasteiger partial charge in [0.05, 0.1) is 15.9 Å². The highest BCUT2D eigenvalue weighted by Gasteiger charge is 2.08. The lowest BCUT2D eigenvalue weighted by atomic mass is 10.1. The highest BCUT2D eigenvalue weighted by atomic mass is 79.9. The van der Waals surface area contributed by atoms with Crippen LogP contribution in [-0.4, -0.2) is 22.8 Å². The molecule has 4 N–H and O–H groups in total. The average molecular weight is 350 g/mol. The van der Waals surface area contributed by atoms with E-state index in [9.17, 15) is 0 Å². The van der Waals surface area contributed by atoms with Gasteiger partial charge in [-0.3, -0.25) is 11.1 Å². The van der Waals surface area contributed by atoms with Gasteiger partial charge in [0.15, 0.2) is 0 Å². The molecule has 1 aromatic carbocycles. The molecule has 0 aliphatic rings. The average Bonchev–Trinajstić information content (AvgIpc) is 2.46. The molecule has 5 nitrogen and oxygen atoms in total. The number of nitrogens with one attached hydrogen (secondary N) is 2. The number of hydrogen-bond acceptors (Lipinski definition) is 5. The van der Waals surface area contributed by atoms with E-state index in [4.69, 9.17) is 5.73 Å². The van der Waals surface area contributed by atoms with E-state index in [-0.39, 0.29) is 6.29 Å². The van der Waals surface area contributed by atoms with E-state index in [1.807, 2.05) is 32.0 Å². The first-order valence-corrected chi connectivity index (χ1v) is 7.65. The monoisotopic (exact) mass is 349 g/mol. The van der Waals surface area contributed by atoms with Crippen molar-refractivity contribution in [3.8, 4) is 0 Å². The second-order valence-corrected chi connectivity index (χ2v) is 5.64. The van der Waals surface area contributed by atoms with Crippen molar-refractivity contribution >= 4 is 21.9 Å². The van der Waals surface area contributed by atoms with E-state index in [0.29, 0.717) is 5.95 Å². The first-order valence-electron chi connectivity index (χ1n) is 6.86. The van der Waals surface area contributed by atoms with Crippen LogP contribution in [0.4, 0.5) is 5.95 Å². The number of anilines is 1. The van der Waals surface area contributed by atoms with Crippen molar-refractivity contribution in [2.24, 2.45) is 5.73 Å². The largest absolute Gasteiger partial charge is 0.326 e. The SMILES string of the molecule is Cc1nc(NC(N)NCCc2ccccc2)nc(C)c1Br. The smallest absolute Gasteiger partial charge is 0.225 e. The maximum absolute atomic E-state index is 5.99. The number of halogens is 1. The van der Waals surface area contributed by atoms with Crippen LogP contribution in [0.2, 0.25) is 0 Å². The molecule has 112 valence electrons. The third-order valence-corrected chi connectivity index (χ3v) is 4.24. The van der Waals surface area contributed by atoms with Crippen LogP contribution >= 0.6 is 15.9 Å². The van der Waals surface area contributed by atoms with E-state index in [2.05, 4.69) is 48.7 Å². The molecule has 21 heavy (non-hydrogen) atoms. The van der Waals surface area contributed by atoms with Crippen LogP contribution in [0.1, 0.15) is 17.0 Å². The second-order valence-electron chi connectivity index (χ2n) is 4.84. The molecule has 2 aromatic rings. The number of nitrogens with two attached hydrogens (primary N) is 1. The van der Waals surface area contributed by atoms with Gasteiger partial charge in [0.25, 0.3) is 0 Å². The molecule has 6 heteroatoms. The Morgan fingerprint density at radius 1 is 1.14 bits per heavy atom. The maximum Gasteiger partial charge on any atom is 0.225 e. The van der Waals surface area contributed by atoms with E-state index < -0.39 is 0 Å². The Kier molecular flexibility index (Phi) is 5.67. The summed E-state index contributed by atoms with van der Waals surface area (Å²) in [5.41, 5.74) is 9.06. The van der Waals surface area contributed by atoms with Gasteiger partial charge in [-0.25, -0.2) is 9.97 Å². The van der Waals surface area contributed by atoms with Crippen molar-refractivity contribution in [3.63, 3.8) is 0 Å². The zero-order chi connectivity index (χ0) is 15.2. The predicted molar refractivity (Wildman–Crippen MR) is 89.0 cm³/mol. The number of hydrogen-bond donors (Lipinski definition) is 3. The third-order valence-electron chi connectivity index (χ3n) is 3.09. The molecule has 0 saturated heterocycles. The zero-order valence-corrected chi connectivity index (χ0v) is 13.8. The topological polar surface area (TPSA) is 75.9 Å². The lowest BCUT2D eigenvalue weighted by Crippen LogP contribution is -2.45. The molecule has 0 aliphatic carbocycles. The minimum Gasteiger partial charge on any atom is -0.326 e. The fourth-order valence-electron chi connectivity index (χ4n) is 1.97. The molecule has 0 fully saturated rings. The molecule has 0 radical (unpaired) electrons. The van der Waals surface area contributed by atoms with Gasteiger partial charge in [0.1, 0.15) is 6.29 Å². The van der Waals surface area contributed by atoms with Crippen LogP contribution in [0.5, 0.6) is 0 Å². The van der Waals surface area contributed by atoms with Gasteiger partial charge in [0.2, 0.25) is 5.95 Å². The van der Waals surface area contributed by atoms with E-state index in [1.54, 1.807) is 0 Å². The normalized spacial score (nSPS) is 12.2. The van der Waals surface area contributed by atoms with Gasteiger partial charge in [-0.05, 0) is 41.8 Å². The number of aromatic nitrogens is 2. The van der Waals surface area contributed by atoms with Crippen molar-refractivity contribution in [3.05, 3.63) is 51.8 Å². The van der Waals surface area contributed by atoms with Crippen LogP contribution in [0.3, 0.4) is 0 Å². The van der Waals surface area contributed by atoms with Crippen LogP contribution in [0, 0.1) is 13.8 Å². The quantitative estimate of drug-likeness (QED) is 0.698. The van der Waals surface area contributed by atoms with Gasteiger partial charge < -0.3 is 5.32 Å². The molecule has 0 saturated carbocycles. The molecule has 2 rings (SSSR count). The van der Waals surface area contributed by atoms with Crippen molar-refractivity contribution < 1.29 is 0 Å². The lowest BCUT2D eigenvalue weighted by Gasteiger charge is -2.16. The summed E-state index contributed by atoms with van der Waals surface area (Å²) in [5, 5.41) is 6.27. The fourth-order valence-corrected chi connectivity index (χ4v) is 2.15. The van der Waals surface area contributed by atoms with Crippen molar-refractivity contribution in [2.75, 3.05) is 11.9 Å². The molecule has 0 aliphatic heterocycles. The number of rotatable bonds is 6. The van der Waals surface area contributed by atoms with E-state index in [0.717, 1.165) is 28.8 Å². The highest BCUT2D eigenvalue weighted by molar-refractivity contribution is 9.10. The zero-order valence-electron chi connectivity index (χ0n) is 12.2. The van der Waals surface area contributed by atoms with Gasteiger partial charge in [-0.1, -0.05) is 30.3 Å².